The van der Waals surface area contributed by atoms with E-state index in [0.717, 1.165) is 16.8 Å². The maximum Gasteiger partial charge on any atom is 0.315 e. The number of pyridine rings is 1. The molecule has 0 saturated carbocycles. The Bertz CT molecular complexity index is 637. The van der Waals surface area contributed by atoms with E-state index < -0.39 is 11.4 Å². The number of hydrogen-bond donors (Lipinski definition) is 2. The summed E-state index contributed by atoms with van der Waals surface area (Å²) in [5.41, 5.74) is 8.27. The number of hydrogen-bond acceptors (Lipinski definition) is 3. The van der Waals surface area contributed by atoms with Crippen molar-refractivity contribution in [2.75, 3.05) is 6.54 Å². The Morgan fingerprint density at radius 1 is 1.24 bits per heavy atom. The van der Waals surface area contributed by atoms with E-state index in [0.29, 0.717) is 5.56 Å². The van der Waals surface area contributed by atoms with Gasteiger partial charge in [0.25, 0.3) is 0 Å². The molecule has 0 amide bonds. The van der Waals surface area contributed by atoms with Gasteiger partial charge in [-0.05, 0) is 31.0 Å². The summed E-state index contributed by atoms with van der Waals surface area (Å²) in [7, 11) is 0. The van der Waals surface area contributed by atoms with Gasteiger partial charge in [-0.25, -0.2) is 0 Å². The normalized spacial score (nSPS) is 13.7. The number of aromatic nitrogens is 1. The summed E-state index contributed by atoms with van der Waals surface area (Å²) >= 11 is 0. The largest absolute Gasteiger partial charge is 0.481 e. The molecule has 4 heteroatoms. The van der Waals surface area contributed by atoms with Crippen molar-refractivity contribution in [3.05, 3.63) is 65.0 Å². The second-order valence-electron chi connectivity index (χ2n) is 5.40. The Morgan fingerprint density at radius 3 is 2.43 bits per heavy atom. The lowest BCUT2D eigenvalue weighted by Crippen LogP contribution is -2.45. The molecule has 0 fully saturated rings. The van der Waals surface area contributed by atoms with Crippen LogP contribution in [-0.2, 0) is 16.6 Å². The number of carboxylic acids is 1. The number of rotatable bonds is 5. The summed E-state index contributed by atoms with van der Waals surface area (Å²) in [4.78, 5) is 16.3. The van der Waals surface area contributed by atoms with E-state index in [1.807, 2.05) is 50.2 Å². The Morgan fingerprint density at radius 2 is 1.90 bits per heavy atom. The van der Waals surface area contributed by atoms with Crippen molar-refractivity contribution in [3.8, 4) is 0 Å². The third-order valence-electron chi connectivity index (χ3n) is 3.95. The minimum Gasteiger partial charge on any atom is -0.481 e. The molecule has 0 saturated heterocycles. The van der Waals surface area contributed by atoms with E-state index in [9.17, 15) is 9.90 Å². The Labute approximate surface area is 124 Å². The second-order valence-corrected chi connectivity index (χ2v) is 5.40. The van der Waals surface area contributed by atoms with Gasteiger partial charge < -0.3 is 10.8 Å². The van der Waals surface area contributed by atoms with Gasteiger partial charge in [-0.2, -0.15) is 0 Å². The monoisotopic (exact) mass is 284 g/mol. The fourth-order valence-corrected chi connectivity index (χ4v) is 2.44. The fourth-order valence-electron chi connectivity index (χ4n) is 2.44. The zero-order chi connectivity index (χ0) is 15.5. The van der Waals surface area contributed by atoms with Crippen LogP contribution in [0.15, 0.2) is 42.6 Å². The summed E-state index contributed by atoms with van der Waals surface area (Å²) in [5, 5.41) is 9.79. The van der Waals surface area contributed by atoms with Crippen LogP contribution >= 0.6 is 0 Å². The first-order valence-electron chi connectivity index (χ1n) is 6.91. The number of aliphatic carboxylic acids is 1. The van der Waals surface area contributed by atoms with Crippen LogP contribution in [0.2, 0.25) is 0 Å². The number of nitrogens with two attached hydrogens (primary N) is 1. The van der Waals surface area contributed by atoms with Gasteiger partial charge in [0.15, 0.2) is 0 Å². The highest BCUT2D eigenvalue weighted by Gasteiger charge is 2.40. The van der Waals surface area contributed by atoms with Crippen LogP contribution < -0.4 is 5.73 Å². The van der Waals surface area contributed by atoms with Crippen molar-refractivity contribution in [2.24, 2.45) is 5.73 Å². The van der Waals surface area contributed by atoms with Crippen molar-refractivity contribution in [1.29, 1.82) is 0 Å². The molecule has 110 valence electrons. The first-order valence-corrected chi connectivity index (χ1v) is 6.91. The molecule has 0 radical (unpaired) electrons. The van der Waals surface area contributed by atoms with Crippen molar-refractivity contribution < 1.29 is 9.90 Å². The minimum absolute atomic E-state index is 0.0292. The molecule has 0 aliphatic heterocycles. The summed E-state index contributed by atoms with van der Waals surface area (Å²) in [6.45, 7) is 3.93. The molecule has 2 rings (SSSR count). The van der Waals surface area contributed by atoms with Gasteiger partial charge in [0, 0.05) is 24.9 Å². The molecule has 21 heavy (non-hydrogen) atoms. The van der Waals surface area contributed by atoms with Crippen LogP contribution in [0.3, 0.4) is 0 Å². The lowest BCUT2D eigenvalue weighted by molar-refractivity contribution is -0.143. The van der Waals surface area contributed by atoms with E-state index in [1.165, 1.54) is 0 Å². The van der Waals surface area contributed by atoms with E-state index >= 15 is 0 Å². The van der Waals surface area contributed by atoms with Gasteiger partial charge >= 0.3 is 5.97 Å². The Kier molecular flexibility index (Phi) is 4.38. The van der Waals surface area contributed by atoms with Crippen LogP contribution in [0.1, 0.15) is 22.4 Å². The summed E-state index contributed by atoms with van der Waals surface area (Å²) in [6.07, 6.45) is 1.97. The van der Waals surface area contributed by atoms with Crippen molar-refractivity contribution in [2.45, 2.75) is 25.7 Å². The second kappa shape index (κ2) is 6.06. The van der Waals surface area contributed by atoms with Gasteiger partial charge in [0.2, 0.25) is 0 Å². The van der Waals surface area contributed by atoms with Crippen LogP contribution in [0.4, 0.5) is 0 Å². The first-order chi connectivity index (χ1) is 9.99. The molecule has 1 aromatic carbocycles. The highest BCUT2D eigenvalue weighted by atomic mass is 16.4. The van der Waals surface area contributed by atoms with Crippen LogP contribution in [0.25, 0.3) is 0 Å². The van der Waals surface area contributed by atoms with Gasteiger partial charge in [-0.3, -0.25) is 9.78 Å². The van der Waals surface area contributed by atoms with Crippen molar-refractivity contribution in [1.82, 2.24) is 4.98 Å². The van der Waals surface area contributed by atoms with Gasteiger partial charge in [-0.15, -0.1) is 0 Å². The van der Waals surface area contributed by atoms with E-state index in [4.69, 9.17) is 5.73 Å². The van der Waals surface area contributed by atoms with Crippen molar-refractivity contribution in [3.63, 3.8) is 0 Å². The molecule has 1 heterocycles. The average molecular weight is 284 g/mol. The van der Waals surface area contributed by atoms with Gasteiger partial charge in [-0.1, -0.05) is 35.9 Å². The average Bonchev–Trinajstić information content (AvgIpc) is 2.47. The number of nitrogens with zero attached hydrogens (tertiary/aromatic N) is 1. The smallest absolute Gasteiger partial charge is 0.315 e. The minimum atomic E-state index is -1.15. The summed E-state index contributed by atoms with van der Waals surface area (Å²) < 4.78 is 0. The van der Waals surface area contributed by atoms with Gasteiger partial charge in [0.1, 0.15) is 5.41 Å². The first kappa shape index (κ1) is 15.2. The fraction of sp³-hybridized carbons (Fsp3) is 0.294. The van der Waals surface area contributed by atoms with E-state index in [2.05, 4.69) is 4.98 Å². The topological polar surface area (TPSA) is 76.2 Å². The maximum atomic E-state index is 11.9. The lowest BCUT2D eigenvalue weighted by Gasteiger charge is -2.29. The van der Waals surface area contributed by atoms with Crippen LogP contribution in [0.5, 0.6) is 0 Å². The standard InChI is InChI=1S/C17H20N2O2/c1-12-5-7-14(8-6-12)17(11-18,16(20)21)10-15-13(2)4-3-9-19-15/h3-9H,10-11,18H2,1-2H3,(H,20,21). The zero-order valence-corrected chi connectivity index (χ0v) is 12.3. The number of carbonyl (C=O) groups is 1. The molecule has 1 aromatic heterocycles. The predicted molar refractivity (Wildman–Crippen MR) is 82.2 cm³/mol. The third kappa shape index (κ3) is 2.95. The SMILES string of the molecule is Cc1ccc(C(CN)(Cc2ncccc2C)C(=O)O)cc1. The molecule has 1 atom stereocenters. The molecule has 2 aromatic rings. The third-order valence-corrected chi connectivity index (χ3v) is 3.95. The maximum absolute atomic E-state index is 11.9. The van der Waals surface area contributed by atoms with Crippen LogP contribution in [-0.4, -0.2) is 22.6 Å². The number of carboxylic acid groups (broad SMARTS) is 1. The highest BCUT2D eigenvalue weighted by Crippen LogP contribution is 2.29. The Hall–Kier alpha value is -2.20. The van der Waals surface area contributed by atoms with Gasteiger partial charge in [0.05, 0.1) is 0 Å². The zero-order valence-electron chi connectivity index (χ0n) is 12.3. The molecular weight excluding hydrogens is 264 g/mol. The Balaban J connectivity index is 2.50. The molecule has 1 unspecified atom stereocenters. The molecule has 4 nitrogen and oxygen atoms in total. The van der Waals surface area contributed by atoms with Crippen molar-refractivity contribution >= 4 is 5.97 Å². The molecule has 0 aliphatic carbocycles. The van der Waals surface area contributed by atoms with Crippen LogP contribution in [0, 0.1) is 13.8 Å². The van der Waals surface area contributed by atoms with E-state index in [1.54, 1.807) is 6.20 Å². The summed E-state index contributed by atoms with van der Waals surface area (Å²) in [6, 6.07) is 11.3. The molecule has 0 spiro atoms. The number of aryl methyl sites for hydroxylation is 2. The number of benzene rings is 1. The summed E-state index contributed by atoms with van der Waals surface area (Å²) in [5.74, 6) is -0.918. The lowest BCUT2D eigenvalue weighted by atomic mass is 9.76. The molecule has 3 N–H and O–H groups in total. The van der Waals surface area contributed by atoms with E-state index in [-0.39, 0.29) is 13.0 Å². The molecule has 0 aliphatic rings. The predicted octanol–water partition coefficient (Wildman–Crippen LogP) is 2.22. The highest BCUT2D eigenvalue weighted by molar-refractivity contribution is 5.82. The molecule has 0 bridgehead atoms. The molecular formula is C17H20N2O2. The quantitative estimate of drug-likeness (QED) is 0.882.